The second-order valence-corrected chi connectivity index (χ2v) is 4.46. The number of allylic oxidation sites excluding steroid dienone is 1. The lowest BCUT2D eigenvalue weighted by molar-refractivity contribution is -0.141. The molecule has 0 aliphatic carbocycles. The molecule has 128 valence electrons. The Bertz CT molecular complexity index is 833. The fraction of sp³-hybridized carbons (Fsp3) is 0.222. The van der Waals surface area contributed by atoms with Gasteiger partial charge >= 0.3 is 6.18 Å². The molecule has 3 nitrogen and oxygen atoms in total. The van der Waals surface area contributed by atoms with Crippen LogP contribution in [-0.2, 0) is 6.18 Å². The van der Waals surface area contributed by atoms with Gasteiger partial charge in [0.25, 0.3) is 0 Å². The van der Waals surface area contributed by atoms with E-state index >= 15 is 0 Å². The number of alkyl halides is 3. The number of aromatic amines is 1. The monoisotopic (exact) mass is 336 g/mol. The van der Waals surface area contributed by atoms with Gasteiger partial charge in [-0.3, -0.25) is 4.79 Å². The highest BCUT2D eigenvalue weighted by Crippen LogP contribution is 2.27. The maximum Gasteiger partial charge on any atom is 0.433 e. The third-order valence-electron chi connectivity index (χ3n) is 3.04. The van der Waals surface area contributed by atoms with Crippen LogP contribution in [0.4, 0.5) is 13.2 Å². The number of carbonyl (C=O) groups excluding carboxylic acids is 1. The number of ketones is 1. The van der Waals surface area contributed by atoms with Crippen molar-refractivity contribution in [2.24, 2.45) is 0 Å². The minimum atomic E-state index is -4.59. The first-order chi connectivity index (χ1) is 11.4. The van der Waals surface area contributed by atoms with Crippen LogP contribution < -0.4 is 10.6 Å². The van der Waals surface area contributed by atoms with Gasteiger partial charge in [0.05, 0.1) is 0 Å². The smallest absolute Gasteiger partial charge is 0.360 e. The molecule has 1 N–H and O–H groups in total. The van der Waals surface area contributed by atoms with Gasteiger partial charge in [0, 0.05) is 22.3 Å². The maximum atomic E-state index is 12.7. The van der Waals surface area contributed by atoms with Gasteiger partial charge in [-0.1, -0.05) is 38.6 Å². The third kappa shape index (κ3) is 4.22. The number of nitrogens with one attached hydrogen (secondary N) is 1. The molecular formula is C18H19F3N2O. The van der Waals surface area contributed by atoms with Crippen LogP contribution in [0.1, 0.15) is 42.5 Å². The molecule has 2 aromatic rings. The lowest BCUT2D eigenvalue weighted by atomic mass is 10.1. The normalized spacial score (nSPS) is 12.6. The van der Waals surface area contributed by atoms with Crippen LogP contribution in [0.5, 0.6) is 0 Å². The zero-order valence-electron chi connectivity index (χ0n) is 13.7. The summed E-state index contributed by atoms with van der Waals surface area (Å²) in [6.07, 6.45) is 1.79. The zero-order chi connectivity index (χ0) is 18.3. The van der Waals surface area contributed by atoms with E-state index in [1.807, 2.05) is 13.8 Å². The van der Waals surface area contributed by atoms with Crippen molar-refractivity contribution in [3.63, 3.8) is 0 Å². The molecule has 2 aromatic heterocycles. The average Bonchev–Trinajstić information content (AvgIpc) is 2.98. The number of H-pyrrole nitrogens is 1. The van der Waals surface area contributed by atoms with Crippen molar-refractivity contribution >= 4 is 17.9 Å². The zero-order valence-corrected chi connectivity index (χ0v) is 13.7. The van der Waals surface area contributed by atoms with E-state index in [1.54, 1.807) is 25.2 Å². The number of nitrogens with zero attached hydrogens (tertiary/aromatic N) is 1. The van der Waals surface area contributed by atoms with E-state index in [-0.39, 0.29) is 11.3 Å². The van der Waals surface area contributed by atoms with Crippen molar-refractivity contribution in [2.75, 3.05) is 0 Å². The molecule has 24 heavy (non-hydrogen) atoms. The molecule has 0 atom stereocenters. The minimum absolute atomic E-state index is 0.248. The summed E-state index contributed by atoms with van der Waals surface area (Å²) in [4.78, 5) is 18.7. The highest BCUT2D eigenvalue weighted by Gasteiger charge is 2.33. The summed E-state index contributed by atoms with van der Waals surface area (Å²) in [6.45, 7) is 9.31. The molecule has 2 rings (SSSR count). The molecule has 0 saturated carbocycles. The van der Waals surface area contributed by atoms with Gasteiger partial charge in [0.15, 0.2) is 0 Å². The van der Waals surface area contributed by atoms with Gasteiger partial charge in [-0.05, 0) is 25.1 Å². The van der Waals surface area contributed by atoms with Gasteiger partial charge in [0.1, 0.15) is 11.4 Å². The number of rotatable bonds is 3. The Balaban J connectivity index is 0.00000139. The first-order valence-electron chi connectivity index (χ1n) is 7.44. The Kier molecular flexibility index (Phi) is 6.70. The molecule has 0 aliphatic rings. The van der Waals surface area contributed by atoms with Crippen LogP contribution in [0.2, 0.25) is 0 Å². The third-order valence-corrected chi connectivity index (χ3v) is 3.04. The Morgan fingerprint density at radius 2 is 1.96 bits per heavy atom. The molecule has 0 aromatic carbocycles. The Morgan fingerprint density at radius 1 is 1.29 bits per heavy atom. The van der Waals surface area contributed by atoms with Crippen molar-refractivity contribution in [1.29, 1.82) is 0 Å². The van der Waals surface area contributed by atoms with Crippen molar-refractivity contribution in [1.82, 2.24) is 9.97 Å². The summed E-state index contributed by atoms with van der Waals surface area (Å²) in [5.74, 6) is -0.570. The molecule has 0 fully saturated rings. The molecule has 0 saturated heterocycles. The fourth-order valence-corrected chi connectivity index (χ4v) is 2.06. The molecule has 0 bridgehead atoms. The topological polar surface area (TPSA) is 45.8 Å². The molecule has 0 amide bonds. The highest BCUT2D eigenvalue weighted by molar-refractivity contribution is 6.07. The standard InChI is InChI=1S/C16H13F3N2O.C2H6/c1-3-6-12-10(4-2)11(9-20-12)15(22)13-7-5-8-14(21-13)16(17,18)19;1-2/h3-9,20H,1H2,2H3;1-2H3/b10-4-,12-6+;. The average molecular weight is 336 g/mol. The van der Waals surface area contributed by atoms with Gasteiger partial charge in [-0.25, -0.2) is 4.98 Å². The first kappa shape index (κ1) is 19.4. The maximum absolute atomic E-state index is 12.7. The van der Waals surface area contributed by atoms with Crippen molar-refractivity contribution in [3.05, 3.63) is 64.6 Å². The van der Waals surface area contributed by atoms with E-state index in [0.717, 1.165) is 6.07 Å². The summed E-state index contributed by atoms with van der Waals surface area (Å²) < 4.78 is 38.0. The van der Waals surface area contributed by atoms with Crippen LogP contribution in [0.3, 0.4) is 0 Å². The van der Waals surface area contributed by atoms with E-state index in [9.17, 15) is 18.0 Å². The molecule has 2 heterocycles. The highest BCUT2D eigenvalue weighted by atomic mass is 19.4. The summed E-state index contributed by atoms with van der Waals surface area (Å²) in [6, 6.07) is 3.26. The van der Waals surface area contributed by atoms with Crippen molar-refractivity contribution < 1.29 is 18.0 Å². The van der Waals surface area contributed by atoms with E-state index in [4.69, 9.17) is 0 Å². The van der Waals surface area contributed by atoms with Crippen LogP contribution in [-0.4, -0.2) is 15.8 Å². The fourth-order valence-electron chi connectivity index (χ4n) is 2.06. The Morgan fingerprint density at radius 3 is 2.50 bits per heavy atom. The summed E-state index contributed by atoms with van der Waals surface area (Å²) in [5, 5.41) is 1.26. The van der Waals surface area contributed by atoms with Crippen molar-refractivity contribution in [2.45, 2.75) is 26.9 Å². The predicted molar refractivity (Wildman–Crippen MR) is 88.9 cm³/mol. The Hall–Kier alpha value is -2.63. The lowest BCUT2D eigenvalue weighted by Gasteiger charge is -2.06. The number of halogens is 3. The lowest BCUT2D eigenvalue weighted by Crippen LogP contribution is -2.27. The Labute approximate surface area is 138 Å². The van der Waals surface area contributed by atoms with Crippen molar-refractivity contribution in [3.8, 4) is 0 Å². The predicted octanol–water partition coefficient (Wildman–Crippen LogP) is 3.45. The number of hydrogen-bond acceptors (Lipinski definition) is 2. The molecule has 0 unspecified atom stereocenters. The van der Waals surface area contributed by atoms with E-state index in [1.165, 1.54) is 18.3 Å². The summed E-state index contributed by atoms with van der Waals surface area (Å²) in [7, 11) is 0. The van der Waals surface area contributed by atoms with Gasteiger partial charge in [-0.2, -0.15) is 13.2 Å². The summed E-state index contributed by atoms with van der Waals surface area (Å²) in [5.41, 5.74) is -1.07. The second-order valence-electron chi connectivity index (χ2n) is 4.46. The van der Waals surface area contributed by atoms with E-state index in [0.29, 0.717) is 10.6 Å². The number of aromatic nitrogens is 2. The molecule has 0 spiro atoms. The largest absolute Gasteiger partial charge is 0.433 e. The second kappa shape index (κ2) is 8.29. The number of hydrogen-bond donors (Lipinski definition) is 1. The van der Waals surface area contributed by atoms with E-state index in [2.05, 4.69) is 16.5 Å². The molecule has 0 aliphatic heterocycles. The molecule has 6 heteroatoms. The molecular weight excluding hydrogens is 317 g/mol. The van der Waals surface area contributed by atoms with Gasteiger partial charge in [-0.15, -0.1) is 0 Å². The van der Waals surface area contributed by atoms with Crippen LogP contribution in [0.15, 0.2) is 37.1 Å². The van der Waals surface area contributed by atoms with Gasteiger partial charge in [0.2, 0.25) is 5.78 Å². The number of pyridine rings is 1. The summed E-state index contributed by atoms with van der Waals surface area (Å²) >= 11 is 0. The van der Waals surface area contributed by atoms with E-state index < -0.39 is 17.7 Å². The number of carbonyl (C=O) groups is 1. The van der Waals surface area contributed by atoms with Crippen LogP contribution in [0, 0.1) is 0 Å². The molecule has 0 radical (unpaired) electrons. The SMILES string of the molecule is C=C/C=c1/[nH]cc(C(=O)c2cccc(C(F)(F)F)n2)/c1=C/C.CC. The minimum Gasteiger partial charge on any atom is -0.360 e. The first-order valence-corrected chi connectivity index (χ1v) is 7.44. The van der Waals surface area contributed by atoms with Gasteiger partial charge < -0.3 is 4.98 Å². The van der Waals surface area contributed by atoms with Crippen LogP contribution in [0.25, 0.3) is 12.2 Å². The van der Waals surface area contributed by atoms with Crippen LogP contribution >= 0.6 is 0 Å². The quantitative estimate of drug-likeness (QED) is 0.873.